The van der Waals surface area contributed by atoms with Gasteiger partial charge in [-0.05, 0) is 36.9 Å². The van der Waals surface area contributed by atoms with Crippen LogP contribution >= 0.6 is 0 Å². The lowest BCUT2D eigenvalue weighted by Gasteiger charge is -2.10. The normalized spacial score (nSPS) is 19.7. The van der Waals surface area contributed by atoms with E-state index in [1.54, 1.807) is 0 Å². The fourth-order valence-electron chi connectivity index (χ4n) is 2.17. The fraction of sp³-hybridized carbons (Fsp3) is 0.571. The van der Waals surface area contributed by atoms with E-state index in [9.17, 15) is 0 Å². The maximum absolute atomic E-state index is 5.57. The number of hydrogen-bond donors (Lipinski definition) is 2. The van der Waals surface area contributed by atoms with Gasteiger partial charge in [0.2, 0.25) is 0 Å². The van der Waals surface area contributed by atoms with Crippen LogP contribution in [0.15, 0.2) is 24.3 Å². The Kier molecular flexibility index (Phi) is 4.98. The van der Waals surface area contributed by atoms with E-state index in [1.807, 2.05) is 0 Å². The second-order valence-electron chi connectivity index (χ2n) is 4.62. The Labute approximate surface area is 103 Å². The molecule has 0 spiro atoms. The summed E-state index contributed by atoms with van der Waals surface area (Å²) in [5.41, 5.74) is 8.16. The molecular formula is C14H22N2O. The zero-order valence-corrected chi connectivity index (χ0v) is 10.3. The summed E-state index contributed by atoms with van der Waals surface area (Å²) < 4.78 is 5.57. The Bertz CT molecular complexity index is 317. The van der Waals surface area contributed by atoms with Crippen molar-refractivity contribution in [3.8, 4) is 0 Å². The third-order valence-electron chi connectivity index (χ3n) is 3.18. The molecule has 1 aliphatic heterocycles. The Balaban J connectivity index is 1.70. The zero-order valence-electron chi connectivity index (χ0n) is 10.3. The van der Waals surface area contributed by atoms with E-state index in [2.05, 4.69) is 29.6 Å². The fourth-order valence-corrected chi connectivity index (χ4v) is 2.17. The molecule has 1 saturated heterocycles. The summed E-state index contributed by atoms with van der Waals surface area (Å²) in [6, 6.07) is 8.67. The highest BCUT2D eigenvalue weighted by Gasteiger charge is 2.14. The number of benzene rings is 1. The zero-order chi connectivity index (χ0) is 11.9. The predicted molar refractivity (Wildman–Crippen MR) is 69.9 cm³/mol. The average molecular weight is 234 g/mol. The lowest BCUT2D eigenvalue weighted by Crippen LogP contribution is -2.25. The van der Waals surface area contributed by atoms with Crippen molar-refractivity contribution in [3.05, 3.63) is 35.4 Å². The first kappa shape index (κ1) is 12.6. The molecule has 2 rings (SSSR count). The highest BCUT2D eigenvalue weighted by Crippen LogP contribution is 2.11. The monoisotopic (exact) mass is 234 g/mol. The van der Waals surface area contributed by atoms with Gasteiger partial charge in [-0.2, -0.15) is 0 Å². The second kappa shape index (κ2) is 6.74. The van der Waals surface area contributed by atoms with Crippen molar-refractivity contribution in [2.45, 2.75) is 31.9 Å². The molecule has 1 aliphatic rings. The molecular weight excluding hydrogens is 212 g/mol. The largest absolute Gasteiger partial charge is 0.377 e. The third-order valence-corrected chi connectivity index (χ3v) is 3.18. The van der Waals surface area contributed by atoms with Gasteiger partial charge in [0.1, 0.15) is 0 Å². The molecule has 1 unspecified atom stereocenters. The van der Waals surface area contributed by atoms with E-state index in [0.717, 1.165) is 32.7 Å². The molecule has 1 atom stereocenters. The molecule has 0 radical (unpaired) electrons. The topological polar surface area (TPSA) is 47.3 Å². The van der Waals surface area contributed by atoms with Gasteiger partial charge >= 0.3 is 0 Å². The number of rotatable bonds is 6. The molecule has 1 aromatic carbocycles. The van der Waals surface area contributed by atoms with Gasteiger partial charge in [0.05, 0.1) is 6.10 Å². The maximum Gasteiger partial charge on any atom is 0.0700 e. The van der Waals surface area contributed by atoms with Crippen LogP contribution in [0.4, 0.5) is 0 Å². The van der Waals surface area contributed by atoms with Gasteiger partial charge in [0, 0.05) is 19.7 Å². The van der Waals surface area contributed by atoms with Crippen molar-refractivity contribution >= 4 is 0 Å². The van der Waals surface area contributed by atoms with Gasteiger partial charge in [-0.1, -0.05) is 24.3 Å². The minimum atomic E-state index is 0.423. The first-order valence-electron chi connectivity index (χ1n) is 6.48. The SMILES string of the molecule is NCCc1ccc(CNCC2CCCO2)cc1. The average Bonchev–Trinajstić information content (AvgIpc) is 2.85. The van der Waals surface area contributed by atoms with Crippen LogP contribution in [0, 0.1) is 0 Å². The molecule has 1 heterocycles. The Hall–Kier alpha value is -0.900. The van der Waals surface area contributed by atoms with E-state index < -0.39 is 0 Å². The first-order chi connectivity index (χ1) is 8.38. The van der Waals surface area contributed by atoms with E-state index in [4.69, 9.17) is 10.5 Å². The van der Waals surface area contributed by atoms with Gasteiger partial charge in [0.15, 0.2) is 0 Å². The van der Waals surface area contributed by atoms with Crippen LogP contribution in [0.2, 0.25) is 0 Å². The van der Waals surface area contributed by atoms with Gasteiger partial charge in [-0.3, -0.25) is 0 Å². The van der Waals surface area contributed by atoms with Crippen molar-refractivity contribution in [1.82, 2.24) is 5.32 Å². The smallest absolute Gasteiger partial charge is 0.0700 e. The van der Waals surface area contributed by atoms with Gasteiger partial charge in [0.25, 0.3) is 0 Å². The standard InChI is InChI=1S/C14H22N2O/c15-8-7-12-3-5-13(6-4-12)10-16-11-14-2-1-9-17-14/h3-6,14,16H,1-2,7-11,15H2. The van der Waals surface area contributed by atoms with Crippen LogP contribution in [-0.4, -0.2) is 25.8 Å². The highest BCUT2D eigenvalue weighted by molar-refractivity contribution is 5.22. The van der Waals surface area contributed by atoms with Gasteiger partial charge in [-0.25, -0.2) is 0 Å². The van der Waals surface area contributed by atoms with Crippen molar-refractivity contribution in [3.63, 3.8) is 0 Å². The Morgan fingerprint density at radius 1 is 1.24 bits per heavy atom. The number of ether oxygens (including phenoxy) is 1. The molecule has 3 heteroatoms. The molecule has 3 nitrogen and oxygen atoms in total. The third kappa shape index (κ3) is 4.11. The molecule has 3 N–H and O–H groups in total. The molecule has 0 aliphatic carbocycles. The summed E-state index contributed by atoms with van der Waals surface area (Å²) in [4.78, 5) is 0. The van der Waals surface area contributed by atoms with Crippen molar-refractivity contribution in [2.24, 2.45) is 5.73 Å². The predicted octanol–water partition coefficient (Wildman–Crippen LogP) is 1.46. The van der Waals surface area contributed by atoms with E-state index in [-0.39, 0.29) is 0 Å². The molecule has 0 aromatic heterocycles. The van der Waals surface area contributed by atoms with Crippen LogP contribution < -0.4 is 11.1 Å². The Morgan fingerprint density at radius 3 is 2.65 bits per heavy atom. The summed E-state index contributed by atoms with van der Waals surface area (Å²) in [7, 11) is 0. The van der Waals surface area contributed by atoms with Gasteiger partial charge in [-0.15, -0.1) is 0 Å². The van der Waals surface area contributed by atoms with E-state index in [1.165, 1.54) is 24.0 Å². The molecule has 94 valence electrons. The summed E-state index contributed by atoms with van der Waals surface area (Å²) in [5.74, 6) is 0. The van der Waals surface area contributed by atoms with Gasteiger partial charge < -0.3 is 15.8 Å². The minimum Gasteiger partial charge on any atom is -0.377 e. The lowest BCUT2D eigenvalue weighted by atomic mass is 10.1. The van der Waals surface area contributed by atoms with Crippen molar-refractivity contribution in [1.29, 1.82) is 0 Å². The summed E-state index contributed by atoms with van der Waals surface area (Å²) in [5, 5.41) is 3.45. The molecule has 1 aromatic rings. The van der Waals surface area contributed by atoms with Crippen LogP contribution in [-0.2, 0) is 17.7 Å². The highest BCUT2D eigenvalue weighted by atomic mass is 16.5. The first-order valence-corrected chi connectivity index (χ1v) is 6.48. The minimum absolute atomic E-state index is 0.423. The molecule has 1 fully saturated rings. The van der Waals surface area contributed by atoms with Crippen LogP contribution in [0.1, 0.15) is 24.0 Å². The molecule has 17 heavy (non-hydrogen) atoms. The quantitative estimate of drug-likeness (QED) is 0.783. The number of nitrogens with two attached hydrogens (primary N) is 1. The van der Waals surface area contributed by atoms with E-state index in [0.29, 0.717) is 6.10 Å². The van der Waals surface area contributed by atoms with Crippen molar-refractivity contribution < 1.29 is 4.74 Å². The molecule has 0 bridgehead atoms. The van der Waals surface area contributed by atoms with Crippen molar-refractivity contribution in [2.75, 3.05) is 19.7 Å². The second-order valence-corrected chi connectivity index (χ2v) is 4.62. The van der Waals surface area contributed by atoms with Crippen LogP contribution in [0.5, 0.6) is 0 Å². The summed E-state index contributed by atoms with van der Waals surface area (Å²) >= 11 is 0. The number of hydrogen-bond acceptors (Lipinski definition) is 3. The molecule has 0 saturated carbocycles. The summed E-state index contributed by atoms with van der Waals surface area (Å²) in [6.45, 7) is 3.53. The maximum atomic E-state index is 5.57. The van der Waals surface area contributed by atoms with E-state index >= 15 is 0 Å². The van der Waals surface area contributed by atoms with Crippen LogP contribution in [0.25, 0.3) is 0 Å². The lowest BCUT2D eigenvalue weighted by molar-refractivity contribution is 0.110. The number of nitrogens with one attached hydrogen (secondary N) is 1. The summed E-state index contributed by atoms with van der Waals surface area (Å²) in [6.07, 6.45) is 3.79. The Morgan fingerprint density at radius 2 is 2.00 bits per heavy atom. The van der Waals surface area contributed by atoms with Crippen LogP contribution in [0.3, 0.4) is 0 Å². The molecule has 0 amide bonds.